The number of alkyl carbamates (subject to hydrolysis) is 1. The van der Waals surface area contributed by atoms with Gasteiger partial charge in [0.15, 0.2) is 5.78 Å². The van der Waals surface area contributed by atoms with Crippen molar-refractivity contribution < 1.29 is 28.6 Å². The van der Waals surface area contributed by atoms with Gasteiger partial charge in [0.1, 0.15) is 6.61 Å². The molecule has 11 nitrogen and oxygen atoms in total. The van der Waals surface area contributed by atoms with Crippen LogP contribution < -0.4 is 21.6 Å². The third-order valence-electron chi connectivity index (χ3n) is 6.79. The fourth-order valence-corrected chi connectivity index (χ4v) is 4.51. The Bertz CT molecular complexity index is 1640. The number of nitrogen functional groups attached to an aromatic ring is 1. The third-order valence-corrected chi connectivity index (χ3v) is 6.79. The molecule has 0 saturated carbocycles. The average molecular weight is 573 g/mol. The maximum Gasteiger partial charge on any atom is 0.408 e. The number of hydrogen-bond donors (Lipinski definition) is 3. The molecule has 0 aliphatic carbocycles. The highest BCUT2D eigenvalue weighted by Gasteiger charge is 2.27. The van der Waals surface area contributed by atoms with Gasteiger partial charge < -0.3 is 30.2 Å². The summed E-state index contributed by atoms with van der Waals surface area (Å²) >= 11 is 0. The van der Waals surface area contributed by atoms with E-state index in [-0.39, 0.29) is 54.2 Å². The summed E-state index contributed by atoms with van der Waals surface area (Å²) in [6, 6.07) is 18.7. The first-order chi connectivity index (χ1) is 20.1. The molecule has 4 N–H and O–H groups in total. The summed E-state index contributed by atoms with van der Waals surface area (Å²) in [6.07, 6.45) is -0.348. The zero-order chi connectivity index (χ0) is 30.2. The number of hydrogen-bond acceptors (Lipinski definition) is 9. The number of anilines is 2. The third kappa shape index (κ3) is 7.30. The Labute approximate surface area is 241 Å². The van der Waals surface area contributed by atoms with Crippen LogP contribution in [0.5, 0.6) is 0 Å². The highest BCUT2D eigenvalue weighted by Crippen LogP contribution is 2.27. The van der Waals surface area contributed by atoms with Crippen molar-refractivity contribution in [2.75, 3.05) is 24.2 Å². The number of ether oxygens (including phenoxy) is 1. The summed E-state index contributed by atoms with van der Waals surface area (Å²) in [5.74, 6) is -1.42. The zero-order valence-electron chi connectivity index (χ0n) is 23.3. The molecular formula is C31H32N4O7. The van der Waals surface area contributed by atoms with E-state index in [9.17, 15) is 19.2 Å². The van der Waals surface area contributed by atoms with Gasteiger partial charge in [-0.25, -0.2) is 9.59 Å². The molecule has 0 aliphatic rings. The van der Waals surface area contributed by atoms with Crippen molar-refractivity contribution in [2.45, 2.75) is 38.8 Å². The molecule has 0 radical (unpaired) electrons. The summed E-state index contributed by atoms with van der Waals surface area (Å²) in [6.45, 7) is 1.90. The van der Waals surface area contributed by atoms with Gasteiger partial charge in [-0.3, -0.25) is 9.59 Å². The molecule has 4 aromatic rings. The van der Waals surface area contributed by atoms with E-state index >= 15 is 0 Å². The number of benzene rings is 3. The first-order valence-electron chi connectivity index (χ1n) is 13.4. The molecule has 1 aromatic heterocycles. The van der Waals surface area contributed by atoms with Crippen molar-refractivity contribution in [3.05, 3.63) is 99.4 Å². The molecule has 0 unspecified atom stereocenters. The topological polar surface area (TPSA) is 165 Å². The molecule has 1 heterocycles. The monoisotopic (exact) mass is 572 g/mol. The van der Waals surface area contributed by atoms with Crippen LogP contribution in [-0.2, 0) is 22.6 Å². The maximum absolute atomic E-state index is 13.9. The van der Waals surface area contributed by atoms with Crippen LogP contribution in [0.4, 0.5) is 16.5 Å². The Morgan fingerprint density at radius 1 is 1.07 bits per heavy atom. The summed E-state index contributed by atoms with van der Waals surface area (Å²) in [7, 11) is 1.62. The van der Waals surface area contributed by atoms with Crippen molar-refractivity contribution in [3.63, 3.8) is 0 Å². The standard InChI is InChI=1S/C31H32N4O7/c1-19-26-23(33-30(42-29(26)39)35(2)15-9-14-25(36)37)17-22(27(19)32)28(38)24(16-20-10-5-3-6-11-20)34-31(40)41-18-21-12-7-4-8-13-21/h3-8,10-13,17,24H,9,14-16,18,32H2,1-2H3,(H,34,40)(H,36,37)/t24-/m0/s1. The smallest absolute Gasteiger partial charge is 0.408 e. The number of carbonyl (C=O) groups is 3. The fraction of sp³-hybridized carbons (Fsp3) is 0.258. The molecule has 11 heteroatoms. The number of aliphatic carboxylic acids is 1. The van der Waals surface area contributed by atoms with Crippen molar-refractivity contribution in [2.24, 2.45) is 0 Å². The molecule has 0 saturated heterocycles. The molecule has 4 rings (SSSR count). The number of rotatable bonds is 12. The predicted molar refractivity (Wildman–Crippen MR) is 158 cm³/mol. The summed E-state index contributed by atoms with van der Waals surface area (Å²) in [5.41, 5.74) is 7.94. The Morgan fingerprint density at radius 3 is 2.36 bits per heavy atom. The van der Waals surface area contributed by atoms with E-state index in [2.05, 4.69) is 10.3 Å². The number of nitrogens with two attached hydrogens (primary N) is 1. The van der Waals surface area contributed by atoms with Crippen LogP contribution in [0.25, 0.3) is 10.9 Å². The second-order valence-electron chi connectivity index (χ2n) is 9.87. The summed E-state index contributed by atoms with van der Waals surface area (Å²) < 4.78 is 10.8. The van der Waals surface area contributed by atoms with Gasteiger partial charge in [-0.2, -0.15) is 4.98 Å². The highest BCUT2D eigenvalue weighted by atomic mass is 16.5. The minimum absolute atomic E-state index is 0.0242. The van der Waals surface area contributed by atoms with E-state index in [0.29, 0.717) is 12.0 Å². The van der Waals surface area contributed by atoms with Gasteiger partial charge in [-0.05, 0) is 36.1 Å². The van der Waals surface area contributed by atoms with Gasteiger partial charge in [0.2, 0.25) is 0 Å². The minimum atomic E-state index is -1.03. The van der Waals surface area contributed by atoms with Crippen LogP contribution in [0.3, 0.4) is 0 Å². The van der Waals surface area contributed by atoms with E-state index in [1.807, 2.05) is 60.7 Å². The molecule has 42 heavy (non-hydrogen) atoms. The van der Waals surface area contributed by atoms with E-state index < -0.39 is 29.5 Å². The van der Waals surface area contributed by atoms with Crippen molar-refractivity contribution in [1.29, 1.82) is 0 Å². The maximum atomic E-state index is 13.9. The van der Waals surface area contributed by atoms with Gasteiger partial charge in [-0.15, -0.1) is 0 Å². The largest absolute Gasteiger partial charge is 0.481 e. The lowest BCUT2D eigenvalue weighted by Gasteiger charge is -2.20. The SMILES string of the molecule is Cc1c(N)c(C(=O)[C@H](Cc2ccccc2)NC(=O)OCc2ccccc2)cc2nc(N(C)CCCC(=O)O)oc(=O)c12. The second-order valence-corrected chi connectivity index (χ2v) is 9.87. The molecule has 218 valence electrons. The number of aromatic nitrogens is 1. The van der Waals surface area contributed by atoms with Gasteiger partial charge in [0, 0.05) is 37.7 Å². The van der Waals surface area contributed by atoms with Crippen molar-refractivity contribution in [1.82, 2.24) is 10.3 Å². The minimum Gasteiger partial charge on any atom is -0.481 e. The Morgan fingerprint density at radius 2 is 1.71 bits per heavy atom. The molecule has 1 atom stereocenters. The van der Waals surface area contributed by atoms with Crippen LogP contribution in [0.2, 0.25) is 0 Å². The Hall–Kier alpha value is -5.19. The number of fused-ring (bicyclic) bond motifs is 1. The van der Waals surface area contributed by atoms with Gasteiger partial charge >= 0.3 is 17.7 Å². The molecular weight excluding hydrogens is 540 g/mol. The molecule has 3 aromatic carbocycles. The first kappa shape index (κ1) is 29.8. The molecule has 0 fully saturated rings. The number of amides is 1. The van der Waals surface area contributed by atoms with E-state index in [4.69, 9.17) is 20.0 Å². The number of carboxylic acids is 1. The number of carboxylic acid groups (broad SMARTS) is 1. The normalized spacial score (nSPS) is 11.6. The lowest BCUT2D eigenvalue weighted by Crippen LogP contribution is -2.43. The number of aryl methyl sites for hydroxylation is 1. The summed E-state index contributed by atoms with van der Waals surface area (Å²) in [4.78, 5) is 56.5. The molecule has 0 spiro atoms. The highest BCUT2D eigenvalue weighted by molar-refractivity contribution is 6.09. The molecule has 1 amide bonds. The number of Topliss-reactive ketones (excluding diaryl/α,β-unsaturated/α-hetero) is 1. The average Bonchev–Trinajstić information content (AvgIpc) is 2.97. The van der Waals surface area contributed by atoms with Crippen LogP contribution in [0, 0.1) is 6.92 Å². The fourth-order valence-electron chi connectivity index (χ4n) is 4.51. The predicted octanol–water partition coefficient (Wildman–Crippen LogP) is 4.10. The van der Waals surface area contributed by atoms with E-state index in [1.165, 1.54) is 11.0 Å². The van der Waals surface area contributed by atoms with Crippen LogP contribution in [-0.4, -0.2) is 47.6 Å². The number of carbonyl (C=O) groups excluding carboxylic acids is 2. The molecule has 0 bridgehead atoms. The number of nitrogens with zero attached hydrogens (tertiary/aromatic N) is 2. The van der Waals surface area contributed by atoms with Gasteiger partial charge in [0.05, 0.1) is 16.9 Å². The van der Waals surface area contributed by atoms with Crippen LogP contribution in [0.15, 0.2) is 75.9 Å². The van der Waals surface area contributed by atoms with E-state index in [0.717, 1.165) is 11.1 Å². The number of ketones is 1. The number of nitrogens with one attached hydrogen (secondary N) is 1. The zero-order valence-corrected chi connectivity index (χ0v) is 23.3. The van der Waals surface area contributed by atoms with Crippen LogP contribution >= 0.6 is 0 Å². The summed E-state index contributed by atoms with van der Waals surface area (Å²) in [5, 5.41) is 11.7. The first-order valence-corrected chi connectivity index (χ1v) is 13.4. The van der Waals surface area contributed by atoms with Crippen LogP contribution in [0.1, 0.15) is 39.9 Å². The quantitative estimate of drug-likeness (QED) is 0.166. The van der Waals surface area contributed by atoms with Crippen molar-refractivity contribution in [3.8, 4) is 0 Å². The second kappa shape index (κ2) is 13.4. The van der Waals surface area contributed by atoms with Gasteiger partial charge in [0.25, 0.3) is 6.01 Å². The Balaban J connectivity index is 1.65. The van der Waals surface area contributed by atoms with E-state index in [1.54, 1.807) is 14.0 Å². The molecule has 0 aliphatic heterocycles. The van der Waals surface area contributed by atoms with Gasteiger partial charge in [-0.1, -0.05) is 60.7 Å². The Kier molecular flexibility index (Phi) is 9.53. The lowest BCUT2D eigenvalue weighted by molar-refractivity contribution is -0.137. The van der Waals surface area contributed by atoms with Crippen molar-refractivity contribution >= 4 is 40.5 Å². The lowest BCUT2D eigenvalue weighted by atomic mass is 9.94.